The third kappa shape index (κ3) is 4.98. The van der Waals surface area contributed by atoms with Crippen molar-refractivity contribution < 1.29 is 12.8 Å². The largest absolute Gasteiger partial charge is 0.368 e. The Balaban J connectivity index is 0.00000289. The zero-order chi connectivity index (χ0) is 22.1. The van der Waals surface area contributed by atoms with Crippen LogP contribution in [-0.4, -0.2) is 50.3 Å². The lowest BCUT2D eigenvalue weighted by Crippen LogP contribution is -2.64. The van der Waals surface area contributed by atoms with Crippen molar-refractivity contribution in [2.45, 2.75) is 43.7 Å². The fraction of sp³-hybridized carbons (Fsp3) is 0.435. The van der Waals surface area contributed by atoms with Crippen LogP contribution < -0.4 is 10.6 Å². The molecule has 1 spiro atoms. The SMILES string of the molecule is Cc1ccc(C)c(S(=O)(=O)N2CCC3(CC2)NCCN=C3NCc2ccc(F)cc2)c1.Cl. The molecule has 2 aromatic rings. The van der Waals surface area contributed by atoms with Crippen molar-refractivity contribution in [3.63, 3.8) is 0 Å². The van der Waals surface area contributed by atoms with E-state index in [4.69, 9.17) is 4.99 Å². The monoisotopic (exact) mass is 480 g/mol. The second-order valence-electron chi connectivity index (χ2n) is 8.39. The van der Waals surface area contributed by atoms with E-state index in [1.165, 1.54) is 12.1 Å². The number of hydrogen-bond donors (Lipinski definition) is 2. The Morgan fingerprint density at radius 2 is 1.81 bits per heavy atom. The van der Waals surface area contributed by atoms with Gasteiger partial charge in [-0.1, -0.05) is 24.3 Å². The lowest BCUT2D eigenvalue weighted by molar-refractivity contribution is 0.241. The van der Waals surface area contributed by atoms with E-state index in [9.17, 15) is 12.8 Å². The molecular weight excluding hydrogens is 451 g/mol. The Kier molecular flexibility index (Phi) is 7.60. The number of hydrogen-bond acceptors (Lipinski definition) is 5. The van der Waals surface area contributed by atoms with Crippen molar-refractivity contribution in [2.24, 2.45) is 4.99 Å². The van der Waals surface area contributed by atoms with E-state index < -0.39 is 10.0 Å². The Bertz CT molecular complexity index is 1080. The van der Waals surface area contributed by atoms with Crippen molar-refractivity contribution in [1.82, 2.24) is 14.9 Å². The maximum absolute atomic E-state index is 13.3. The molecule has 0 aliphatic carbocycles. The van der Waals surface area contributed by atoms with E-state index >= 15 is 0 Å². The quantitative estimate of drug-likeness (QED) is 0.705. The van der Waals surface area contributed by atoms with Crippen LogP contribution >= 0.6 is 12.4 Å². The van der Waals surface area contributed by atoms with E-state index in [-0.39, 0.29) is 23.8 Å². The predicted octanol–water partition coefficient (Wildman–Crippen LogP) is 3.18. The van der Waals surface area contributed by atoms with Crippen molar-refractivity contribution in [1.29, 1.82) is 0 Å². The van der Waals surface area contributed by atoms with Crippen molar-refractivity contribution in [3.8, 4) is 0 Å². The van der Waals surface area contributed by atoms with Gasteiger partial charge in [0.15, 0.2) is 0 Å². The molecule has 1 saturated heterocycles. The molecule has 0 atom stereocenters. The van der Waals surface area contributed by atoms with Gasteiger partial charge in [0, 0.05) is 26.2 Å². The summed E-state index contributed by atoms with van der Waals surface area (Å²) in [6.45, 7) is 6.60. The number of sulfonamides is 1. The summed E-state index contributed by atoms with van der Waals surface area (Å²) in [6, 6.07) is 12.0. The van der Waals surface area contributed by atoms with E-state index in [0.717, 1.165) is 29.1 Å². The number of aliphatic imine (C=N–C) groups is 1. The second-order valence-corrected chi connectivity index (χ2v) is 10.3. The minimum absolute atomic E-state index is 0. The van der Waals surface area contributed by atoms with Crippen LogP contribution in [0.4, 0.5) is 4.39 Å². The molecule has 0 amide bonds. The van der Waals surface area contributed by atoms with E-state index in [0.29, 0.717) is 43.9 Å². The number of amidine groups is 1. The van der Waals surface area contributed by atoms with Gasteiger partial charge >= 0.3 is 0 Å². The standard InChI is InChI=1S/C23H29FN4O2S.ClH/c1-17-3-4-18(2)21(15-17)31(29,30)28-13-9-23(10-14-28)22(25-11-12-27-23)26-16-19-5-7-20(24)8-6-19;/h3-8,15,27H,9-14,16H2,1-2H3,(H,25,26);1H. The van der Waals surface area contributed by atoms with Crippen molar-refractivity contribution in [3.05, 3.63) is 65.0 Å². The number of halogens is 2. The zero-order valence-electron chi connectivity index (χ0n) is 18.4. The minimum Gasteiger partial charge on any atom is -0.368 e. The molecular formula is C23H30ClFN4O2S. The number of aryl methyl sites for hydroxylation is 2. The average Bonchev–Trinajstić information content (AvgIpc) is 2.76. The molecule has 0 unspecified atom stereocenters. The summed E-state index contributed by atoms with van der Waals surface area (Å²) in [6.07, 6.45) is 1.29. The molecule has 4 rings (SSSR count). The Labute approximate surface area is 195 Å². The number of nitrogens with one attached hydrogen (secondary N) is 2. The van der Waals surface area contributed by atoms with Crippen LogP contribution in [0.25, 0.3) is 0 Å². The van der Waals surface area contributed by atoms with Gasteiger partial charge in [0.05, 0.1) is 17.0 Å². The van der Waals surface area contributed by atoms with E-state index in [1.54, 1.807) is 22.5 Å². The first kappa shape index (κ1) is 24.6. The summed E-state index contributed by atoms with van der Waals surface area (Å²) in [4.78, 5) is 5.10. The zero-order valence-corrected chi connectivity index (χ0v) is 20.0. The van der Waals surface area contributed by atoms with Crippen LogP contribution in [0.3, 0.4) is 0 Å². The van der Waals surface area contributed by atoms with E-state index in [1.807, 2.05) is 26.0 Å². The number of piperidine rings is 1. The molecule has 0 radical (unpaired) electrons. The third-order valence-electron chi connectivity index (χ3n) is 6.21. The molecule has 0 saturated carbocycles. The summed E-state index contributed by atoms with van der Waals surface area (Å²) in [5.74, 6) is 0.612. The molecule has 2 heterocycles. The lowest BCUT2D eigenvalue weighted by atomic mass is 9.85. The summed E-state index contributed by atoms with van der Waals surface area (Å²) in [5, 5.41) is 7.00. The number of nitrogens with zero attached hydrogens (tertiary/aromatic N) is 2. The molecule has 0 bridgehead atoms. The van der Waals surface area contributed by atoms with Gasteiger partial charge in [-0.3, -0.25) is 4.99 Å². The van der Waals surface area contributed by atoms with Crippen LogP contribution in [0, 0.1) is 19.7 Å². The minimum atomic E-state index is -3.54. The molecule has 2 N–H and O–H groups in total. The molecule has 2 aliphatic heterocycles. The van der Waals surface area contributed by atoms with Gasteiger partial charge in [-0.2, -0.15) is 4.31 Å². The van der Waals surface area contributed by atoms with Gasteiger partial charge in [0.25, 0.3) is 0 Å². The van der Waals surface area contributed by atoms with Crippen LogP contribution in [0.1, 0.15) is 29.5 Å². The molecule has 6 nitrogen and oxygen atoms in total. The highest BCUT2D eigenvalue weighted by molar-refractivity contribution is 7.89. The van der Waals surface area contributed by atoms with Crippen LogP contribution in [0.2, 0.25) is 0 Å². The van der Waals surface area contributed by atoms with Crippen LogP contribution in [0.5, 0.6) is 0 Å². The number of rotatable bonds is 4. The molecule has 0 aromatic heterocycles. The third-order valence-corrected chi connectivity index (χ3v) is 8.25. The fourth-order valence-corrected chi connectivity index (χ4v) is 6.11. The van der Waals surface area contributed by atoms with Crippen LogP contribution in [0.15, 0.2) is 52.4 Å². The molecule has 174 valence electrons. The Hall–Kier alpha value is -2.00. The maximum atomic E-state index is 13.3. The first-order valence-electron chi connectivity index (χ1n) is 10.7. The van der Waals surface area contributed by atoms with Gasteiger partial charge in [-0.15, -0.1) is 12.4 Å². The normalized spacial score (nSPS) is 18.7. The second kappa shape index (κ2) is 9.87. The molecule has 2 aromatic carbocycles. The van der Waals surface area contributed by atoms with Gasteiger partial charge in [-0.05, 0) is 61.6 Å². The highest BCUT2D eigenvalue weighted by atomic mass is 35.5. The van der Waals surface area contributed by atoms with Gasteiger partial charge in [0.1, 0.15) is 11.7 Å². The van der Waals surface area contributed by atoms with E-state index in [2.05, 4.69) is 10.6 Å². The highest BCUT2D eigenvalue weighted by Gasteiger charge is 2.43. The van der Waals surface area contributed by atoms with Gasteiger partial charge in [-0.25, -0.2) is 12.8 Å². The number of benzene rings is 2. The molecule has 2 aliphatic rings. The highest BCUT2D eigenvalue weighted by Crippen LogP contribution is 2.30. The average molecular weight is 481 g/mol. The van der Waals surface area contributed by atoms with Crippen LogP contribution in [-0.2, 0) is 16.6 Å². The molecule has 9 heteroatoms. The molecule has 1 fully saturated rings. The Morgan fingerprint density at radius 1 is 1.12 bits per heavy atom. The predicted molar refractivity (Wildman–Crippen MR) is 127 cm³/mol. The summed E-state index contributed by atoms with van der Waals surface area (Å²) >= 11 is 0. The molecule has 32 heavy (non-hydrogen) atoms. The van der Waals surface area contributed by atoms with Crippen molar-refractivity contribution >= 4 is 28.3 Å². The first-order chi connectivity index (χ1) is 14.8. The summed E-state index contributed by atoms with van der Waals surface area (Å²) in [5.41, 5.74) is 2.32. The Morgan fingerprint density at radius 3 is 2.50 bits per heavy atom. The van der Waals surface area contributed by atoms with Gasteiger partial charge in [0.2, 0.25) is 10.0 Å². The lowest BCUT2D eigenvalue weighted by Gasteiger charge is -2.44. The fourth-order valence-electron chi connectivity index (χ4n) is 4.36. The summed E-state index contributed by atoms with van der Waals surface area (Å²) < 4.78 is 41.3. The maximum Gasteiger partial charge on any atom is 0.243 e. The van der Waals surface area contributed by atoms with Crippen molar-refractivity contribution in [2.75, 3.05) is 26.2 Å². The smallest absolute Gasteiger partial charge is 0.243 e. The first-order valence-corrected chi connectivity index (χ1v) is 12.1. The topological polar surface area (TPSA) is 73.8 Å². The summed E-state index contributed by atoms with van der Waals surface area (Å²) in [7, 11) is -3.54. The van der Waals surface area contributed by atoms with Gasteiger partial charge < -0.3 is 10.6 Å².